The van der Waals surface area contributed by atoms with Crippen molar-refractivity contribution >= 4 is 0 Å². The van der Waals surface area contributed by atoms with Gasteiger partial charge in [-0.25, -0.2) is 0 Å². The fraction of sp³-hybridized carbons (Fsp3) is 0. The lowest BCUT2D eigenvalue weighted by Crippen LogP contribution is -1.94. The smallest absolute Gasteiger partial charge is 0.177 e. The van der Waals surface area contributed by atoms with Crippen LogP contribution in [-0.2, 0) is 0 Å². The number of hydrogen-bond donors (Lipinski definition) is 0. The van der Waals surface area contributed by atoms with Crippen molar-refractivity contribution in [3.05, 3.63) is 158 Å². The molecule has 4 nitrogen and oxygen atoms in total. The van der Waals surface area contributed by atoms with Crippen LogP contribution in [0.15, 0.2) is 158 Å². The van der Waals surface area contributed by atoms with Crippen LogP contribution in [0.5, 0.6) is 46.0 Å². The van der Waals surface area contributed by atoms with Crippen molar-refractivity contribution in [2.24, 2.45) is 0 Å². The average molecular weight is 523 g/mol. The maximum atomic E-state index is 6.40. The molecule has 0 atom stereocenters. The number of rotatable bonds is 9. The monoisotopic (exact) mass is 522 g/mol. The maximum absolute atomic E-state index is 6.40. The molecule has 0 spiro atoms. The van der Waals surface area contributed by atoms with E-state index in [1.54, 1.807) is 0 Å². The van der Waals surface area contributed by atoms with E-state index in [2.05, 4.69) is 12.1 Å². The Morgan fingerprint density at radius 3 is 1.30 bits per heavy atom. The number of benzene rings is 6. The third-order valence-corrected chi connectivity index (χ3v) is 6.08. The molecule has 0 heterocycles. The van der Waals surface area contributed by atoms with Gasteiger partial charge in [0.1, 0.15) is 34.5 Å². The van der Waals surface area contributed by atoms with Crippen molar-refractivity contribution in [1.29, 1.82) is 0 Å². The van der Waals surface area contributed by atoms with E-state index >= 15 is 0 Å². The van der Waals surface area contributed by atoms with Crippen molar-refractivity contribution in [1.82, 2.24) is 0 Å². The first-order chi connectivity index (χ1) is 19.8. The van der Waals surface area contributed by atoms with Gasteiger partial charge in [-0.05, 0) is 60.2 Å². The zero-order valence-electron chi connectivity index (χ0n) is 21.6. The molecule has 0 N–H and O–H groups in total. The Morgan fingerprint density at radius 2 is 0.725 bits per heavy atom. The van der Waals surface area contributed by atoms with Crippen molar-refractivity contribution in [3.63, 3.8) is 0 Å². The first-order valence-corrected chi connectivity index (χ1v) is 13.0. The molecule has 0 aromatic heterocycles. The summed E-state index contributed by atoms with van der Waals surface area (Å²) in [6.07, 6.45) is 0. The third-order valence-electron chi connectivity index (χ3n) is 6.08. The van der Waals surface area contributed by atoms with Crippen LogP contribution in [0.3, 0.4) is 0 Å². The number of para-hydroxylation sites is 3. The maximum Gasteiger partial charge on any atom is 0.177 e. The molecule has 0 saturated carbocycles. The lowest BCUT2D eigenvalue weighted by molar-refractivity contribution is 0.416. The van der Waals surface area contributed by atoms with Gasteiger partial charge >= 0.3 is 0 Å². The molecule has 194 valence electrons. The molecule has 0 unspecified atom stereocenters. The van der Waals surface area contributed by atoms with Crippen LogP contribution in [0.1, 0.15) is 0 Å². The minimum atomic E-state index is 0.598. The molecule has 0 aliphatic heterocycles. The van der Waals surface area contributed by atoms with Crippen LogP contribution in [0.2, 0.25) is 0 Å². The Hall–Kier alpha value is -5.48. The minimum Gasteiger partial charge on any atom is -0.457 e. The predicted octanol–water partition coefficient (Wildman–Crippen LogP) is 10.5. The zero-order valence-corrected chi connectivity index (χ0v) is 21.6. The molecule has 6 aromatic carbocycles. The minimum absolute atomic E-state index is 0.598. The number of ether oxygens (including phenoxy) is 4. The van der Waals surface area contributed by atoms with E-state index < -0.39 is 0 Å². The second kappa shape index (κ2) is 11.9. The van der Waals surface area contributed by atoms with Crippen molar-refractivity contribution in [3.8, 4) is 57.1 Å². The zero-order chi connectivity index (χ0) is 27.0. The summed E-state index contributed by atoms with van der Waals surface area (Å²) in [6.45, 7) is 0. The molecule has 0 aliphatic carbocycles. The van der Waals surface area contributed by atoms with Crippen LogP contribution < -0.4 is 18.9 Å². The van der Waals surface area contributed by atoms with E-state index in [0.29, 0.717) is 34.5 Å². The Bertz CT molecular complexity index is 1680. The van der Waals surface area contributed by atoms with Gasteiger partial charge in [0, 0.05) is 17.7 Å². The van der Waals surface area contributed by atoms with Gasteiger partial charge in [-0.1, -0.05) is 91.0 Å². The Balaban J connectivity index is 1.26. The molecule has 0 radical (unpaired) electrons. The number of hydrogen-bond acceptors (Lipinski definition) is 4. The molecule has 0 fully saturated rings. The van der Waals surface area contributed by atoms with Gasteiger partial charge < -0.3 is 18.9 Å². The highest BCUT2D eigenvalue weighted by Crippen LogP contribution is 2.43. The molecule has 6 rings (SSSR count). The standard InChI is InChI=1S/C36H26O4/c1-4-13-27(14-5-1)34-23-12-24-35(36(34)40-29-17-8-3-9-18-29)39-33-22-11-21-32(26-33)38-31-20-10-19-30(25-31)37-28-15-6-2-7-16-28/h1-26H. The quantitative estimate of drug-likeness (QED) is 0.189. The summed E-state index contributed by atoms with van der Waals surface area (Å²) >= 11 is 0. The van der Waals surface area contributed by atoms with Gasteiger partial charge in [0.25, 0.3) is 0 Å². The summed E-state index contributed by atoms with van der Waals surface area (Å²) < 4.78 is 24.9. The summed E-state index contributed by atoms with van der Waals surface area (Å²) in [5.74, 6) is 5.34. The summed E-state index contributed by atoms with van der Waals surface area (Å²) in [4.78, 5) is 0. The Kier molecular flexibility index (Phi) is 7.40. The van der Waals surface area contributed by atoms with Crippen molar-refractivity contribution in [2.75, 3.05) is 0 Å². The summed E-state index contributed by atoms with van der Waals surface area (Å²) in [5, 5.41) is 0. The first kappa shape index (κ1) is 24.8. The predicted molar refractivity (Wildman–Crippen MR) is 158 cm³/mol. The lowest BCUT2D eigenvalue weighted by atomic mass is 10.0. The van der Waals surface area contributed by atoms with Crippen molar-refractivity contribution < 1.29 is 18.9 Å². The van der Waals surface area contributed by atoms with Gasteiger partial charge in [-0.15, -0.1) is 0 Å². The van der Waals surface area contributed by atoms with Gasteiger partial charge in [0.05, 0.1) is 0 Å². The molecular weight excluding hydrogens is 496 g/mol. The Morgan fingerprint density at radius 1 is 0.300 bits per heavy atom. The normalized spacial score (nSPS) is 10.5. The van der Waals surface area contributed by atoms with Gasteiger partial charge in [0.15, 0.2) is 11.5 Å². The van der Waals surface area contributed by atoms with Crippen LogP contribution in [0, 0.1) is 0 Å². The molecular formula is C36H26O4. The lowest BCUT2D eigenvalue weighted by Gasteiger charge is -2.17. The molecule has 0 bridgehead atoms. The second-order valence-electron chi connectivity index (χ2n) is 8.98. The highest BCUT2D eigenvalue weighted by atomic mass is 16.5. The van der Waals surface area contributed by atoms with E-state index in [4.69, 9.17) is 18.9 Å². The summed E-state index contributed by atoms with van der Waals surface area (Å²) in [6, 6.07) is 50.5. The van der Waals surface area contributed by atoms with E-state index in [-0.39, 0.29) is 0 Å². The van der Waals surface area contributed by atoms with E-state index in [0.717, 1.165) is 22.6 Å². The highest BCUT2D eigenvalue weighted by molar-refractivity contribution is 5.74. The summed E-state index contributed by atoms with van der Waals surface area (Å²) in [7, 11) is 0. The molecule has 0 aliphatic rings. The van der Waals surface area contributed by atoms with E-state index in [9.17, 15) is 0 Å². The van der Waals surface area contributed by atoms with Crippen LogP contribution >= 0.6 is 0 Å². The summed E-state index contributed by atoms with van der Waals surface area (Å²) in [5.41, 5.74) is 1.97. The molecule has 40 heavy (non-hydrogen) atoms. The van der Waals surface area contributed by atoms with Gasteiger partial charge in [-0.2, -0.15) is 0 Å². The molecule has 0 amide bonds. The Labute approximate surface area is 233 Å². The molecule has 6 aromatic rings. The van der Waals surface area contributed by atoms with Crippen LogP contribution in [0.25, 0.3) is 11.1 Å². The highest BCUT2D eigenvalue weighted by Gasteiger charge is 2.15. The molecule has 4 heteroatoms. The SMILES string of the molecule is c1ccc(Oc2cccc(Oc3cccc(Oc4cccc(-c5ccccc5)c4Oc4ccccc4)c3)c2)cc1. The van der Waals surface area contributed by atoms with E-state index in [1.165, 1.54) is 0 Å². The van der Waals surface area contributed by atoms with Crippen LogP contribution in [-0.4, -0.2) is 0 Å². The fourth-order valence-corrected chi connectivity index (χ4v) is 4.24. The largest absolute Gasteiger partial charge is 0.457 e. The topological polar surface area (TPSA) is 36.9 Å². The van der Waals surface area contributed by atoms with Crippen molar-refractivity contribution in [2.45, 2.75) is 0 Å². The average Bonchev–Trinajstić information content (AvgIpc) is 3.00. The first-order valence-electron chi connectivity index (χ1n) is 13.0. The third kappa shape index (κ3) is 6.14. The van der Waals surface area contributed by atoms with E-state index in [1.807, 2.05) is 146 Å². The van der Waals surface area contributed by atoms with Gasteiger partial charge in [-0.3, -0.25) is 0 Å². The van der Waals surface area contributed by atoms with Gasteiger partial charge in [0.2, 0.25) is 0 Å². The second-order valence-corrected chi connectivity index (χ2v) is 8.98. The van der Waals surface area contributed by atoms with Crippen LogP contribution in [0.4, 0.5) is 0 Å². The molecule has 0 saturated heterocycles. The fourth-order valence-electron chi connectivity index (χ4n) is 4.24.